The highest BCUT2D eigenvalue weighted by atomic mass is 35.5. The fraction of sp³-hybridized carbons (Fsp3) is 0.0769. The van der Waals surface area contributed by atoms with E-state index in [1.54, 1.807) is 0 Å². The monoisotopic (exact) mass is 296 g/mol. The molecule has 1 aromatic carbocycles. The maximum atomic E-state index is 13.6. The van der Waals surface area contributed by atoms with Crippen LogP contribution in [-0.2, 0) is 0 Å². The van der Waals surface area contributed by atoms with Crippen molar-refractivity contribution in [1.29, 1.82) is 0 Å². The lowest BCUT2D eigenvalue weighted by molar-refractivity contribution is 0.0697. The third-order valence-electron chi connectivity index (χ3n) is 2.52. The number of aromatic nitrogens is 1. The van der Waals surface area contributed by atoms with E-state index in [0.717, 1.165) is 0 Å². The SMILES string of the molecule is COc1ccc(F)c(Nc2cc(C(=O)O)c(Cl)cn2)c1. The van der Waals surface area contributed by atoms with Gasteiger partial charge in [-0.3, -0.25) is 0 Å². The molecule has 0 saturated heterocycles. The number of pyridine rings is 1. The molecule has 0 unspecified atom stereocenters. The number of ether oxygens (including phenoxy) is 1. The van der Waals surface area contributed by atoms with Crippen molar-refractivity contribution in [1.82, 2.24) is 4.98 Å². The van der Waals surface area contributed by atoms with Gasteiger partial charge in [0.2, 0.25) is 0 Å². The fourth-order valence-electron chi connectivity index (χ4n) is 1.54. The van der Waals surface area contributed by atoms with Crippen molar-refractivity contribution in [3.05, 3.63) is 46.9 Å². The van der Waals surface area contributed by atoms with E-state index in [-0.39, 0.29) is 22.1 Å². The van der Waals surface area contributed by atoms with Gasteiger partial charge >= 0.3 is 5.97 Å². The molecule has 0 bridgehead atoms. The highest BCUT2D eigenvalue weighted by molar-refractivity contribution is 6.33. The molecule has 0 aliphatic carbocycles. The number of aromatic carboxylic acids is 1. The first-order chi connectivity index (χ1) is 9.51. The van der Waals surface area contributed by atoms with Gasteiger partial charge in [0, 0.05) is 12.3 Å². The molecule has 104 valence electrons. The molecule has 7 heteroatoms. The average molecular weight is 297 g/mol. The Morgan fingerprint density at radius 1 is 1.45 bits per heavy atom. The summed E-state index contributed by atoms with van der Waals surface area (Å²) < 4.78 is 18.6. The summed E-state index contributed by atoms with van der Waals surface area (Å²) >= 11 is 5.71. The van der Waals surface area contributed by atoms with Crippen molar-refractivity contribution in [3.63, 3.8) is 0 Å². The third-order valence-corrected chi connectivity index (χ3v) is 2.82. The number of anilines is 2. The molecule has 2 aromatic rings. The van der Waals surface area contributed by atoms with Crippen LogP contribution in [-0.4, -0.2) is 23.2 Å². The standard InChI is InChI=1S/C13H10ClFN2O3/c1-20-7-2-3-10(15)11(4-7)17-12-5-8(13(18)19)9(14)6-16-12/h2-6H,1H3,(H,16,17)(H,18,19). The van der Waals surface area contributed by atoms with Gasteiger partial charge in [-0.25, -0.2) is 14.2 Å². The number of rotatable bonds is 4. The Kier molecular flexibility index (Phi) is 4.05. The van der Waals surface area contributed by atoms with E-state index >= 15 is 0 Å². The predicted molar refractivity (Wildman–Crippen MR) is 72.4 cm³/mol. The smallest absolute Gasteiger partial charge is 0.337 e. The van der Waals surface area contributed by atoms with Crippen molar-refractivity contribution >= 4 is 29.1 Å². The van der Waals surface area contributed by atoms with Crippen LogP contribution in [0.2, 0.25) is 5.02 Å². The van der Waals surface area contributed by atoms with Gasteiger partial charge < -0.3 is 15.2 Å². The highest BCUT2D eigenvalue weighted by Crippen LogP contribution is 2.25. The van der Waals surface area contributed by atoms with Crippen LogP contribution < -0.4 is 10.1 Å². The van der Waals surface area contributed by atoms with E-state index in [4.69, 9.17) is 21.4 Å². The molecular formula is C13H10ClFN2O3. The number of hydrogen-bond acceptors (Lipinski definition) is 4. The molecule has 0 fully saturated rings. The van der Waals surface area contributed by atoms with Crippen LogP contribution in [0, 0.1) is 5.82 Å². The second-order valence-electron chi connectivity index (χ2n) is 3.83. The van der Waals surface area contributed by atoms with Crippen LogP contribution in [0.5, 0.6) is 5.75 Å². The Hall–Kier alpha value is -2.34. The molecule has 5 nitrogen and oxygen atoms in total. The van der Waals surface area contributed by atoms with Gasteiger partial charge in [0.15, 0.2) is 0 Å². The summed E-state index contributed by atoms with van der Waals surface area (Å²) in [6.07, 6.45) is 1.19. The van der Waals surface area contributed by atoms with Gasteiger partial charge in [-0.15, -0.1) is 0 Å². The number of nitrogens with zero attached hydrogens (tertiary/aromatic N) is 1. The Labute approximate surface area is 119 Å². The lowest BCUT2D eigenvalue weighted by Gasteiger charge is -2.09. The van der Waals surface area contributed by atoms with E-state index < -0.39 is 11.8 Å². The average Bonchev–Trinajstić information content (AvgIpc) is 2.43. The molecular weight excluding hydrogens is 287 g/mol. The van der Waals surface area contributed by atoms with E-state index in [1.807, 2.05) is 0 Å². The normalized spacial score (nSPS) is 10.2. The van der Waals surface area contributed by atoms with Crippen molar-refractivity contribution in [2.24, 2.45) is 0 Å². The second-order valence-corrected chi connectivity index (χ2v) is 4.23. The highest BCUT2D eigenvalue weighted by Gasteiger charge is 2.12. The zero-order valence-corrected chi connectivity index (χ0v) is 11.1. The number of methoxy groups -OCH3 is 1. The number of halogens is 2. The van der Waals surface area contributed by atoms with Crippen LogP contribution in [0.25, 0.3) is 0 Å². The van der Waals surface area contributed by atoms with Crippen LogP contribution in [0.3, 0.4) is 0 Å². The van der Waals surface area contributed by atoms with Gasteiger partial charge in [0.05, 0.1) is 23.4 Å². The summed E-state index contributed by atoms with van der Waals surface area (Å²) in [7, 11) is 1.46. The molecule has 0 aliphatic heterocycles. The number of carboxylic acid groups (broad SMARTS) is 1. The number of hydrogen-bond donors (Lipinski definition) is 2. The Morgan fingerprint density at radius 3 is 2.85 bits per heavy atom. The van der Waals surface area contributed by atoms with Gasteiger partial charge in [-0.2, -0.15) is 0 Å². The lowest BCUT2D eigenvalue weighted by Crippen LogP contribution is -2.02. The van der Waals surface area contributed by atoms with Crippen molar-refractivity contribution in [3.8, 4) is 5.75 Å². The summed E-state index contributed by atoms with van der Waals surface area (Å²) in [6, 6.07) is 5.36. The maximum Gasteiger partial charge on any atom is 0.337 e. The molecule has 0 saturated carbocycles. The van der Waals surface area contributed by atoms with Crippen molar-refractivity contribution < 1.29 is 19.0 Å². The quantitative estimate of drug-likeness (QED) is 0.905. The van der Waals surface area contributed by atoms with E-state index in [9.17, 15) is 9.18 Å². The lowest BCUT2D eigenvalue weighted by atomic mass is 10.2. The molecule has 20 heavy (non-hydrogen) atoms. The van der Waals surface area contributed by atoms with E-state index in [0.29, 0.717) is 5.75 Å². The van der Waals surface area contributed by atoms with Crippen molar-refractivity contribution in [2.75, 3.05) is 12.4 Å². The Bertz CT molecular complexity index is 664. The minimum atomic E-state index is -1.19. The van der Waals surface area contributed by atoms with Gasteiger partial charge in [0.25, 0.3) is 0 Å². The number of carboxylic acids is 1. The number of benzene rings is 1. The molecule has 0 radical (unpaired) electrons. The Morgan fingerprint density at radius 2 is 2.20 bits per heavy atom. The Balaban J connectivity index is 2.35. The molecule has 0 spiro atoms. The number of nitrogens with one attached hydrogen (secondary N) is 1. The molecule has 0 aliphatic rings. The predicted octanol–water partition coefficient (Wildman–Crippen LogP) is 3.32. The van der Waals surface area contributed by atoms with Gasteiger partial charge in [0.1, 0.15) is 17.4 Å². The topological polar surface area (TPSA) is 71.5 Å². The summed E-state index contributed by atoms with van der Waals surface area (Å²) in [4.78, 5) is 14.9. The molecule has 0 atom stereocenters. The first-order valence-corrected chi connectivity index (χ1v) is 5.88. The maximum absolute atomic E-state index is 13.6. The van der Waals surface area contributed by atoms with Crippen LogP contribution >= 0.6 is 11.6 Å². The van der Waals surface area contributed by atoms with Gasteiger partial charge in [-0.1, -0.05) is 11.6 Å². The van der Waals surface area contributed by atoms with E-state index in [1.165, 1.54) is 37.6 Å². The second kappa shape index (κ2) is 5.75. The van der Waals surface area contributed by atoms with Crippen LogP contribution in [0.1, 0.15) is 10.4 Å². The van der Waals surface area contributed by atoms with E-state index in [2.05, 4.69) is 10.3 Å². The van der Waals surface area contributed by atoms with Gasteiger partial charge in [-0.05, 0) is 18.2 Å². The summed E-state index contributed by atoms with van der Waals surface area (Å²) in [5, 5.41) is 11.6. The summed E-state index contributed by atoms with van der Waals surface area (Å²) in [5.74, 6) is -1.08. The van der Waals surface area contributed by atoms with Crippen molar-refractivity contribution in [2.45, 2.75) is 0 Å². The minimum absolute atomic E-state index is 0.00849. The zero-order valence-electron chi connectivity index (χ0n) is 10.4. The minimum Gasteiger partial charge on any atom is -0.497 e. The zero-order chi connectivity index (χ0) is 14.7. The first-order valence-electron chi connectivity index (χ1n) is 5.50. The third kappa shape index (κ3) is 2.97. The summed E-state index contributed by atoms with van der Waals surface area (Å²) in [5.41, 5.74) is 0.00276. The molecule has 2 rings (SSSR count). The van der Waals surface area contributed by atoms with Crippen LogP contribution in [0.15, 0.2) is 30.5 Å². The number of carbonyl (C=O) groups is 1. The molecule has 0 amide bonds. The largest absolute Gasteiger partial charge is 0.497 e. The molecule has 1 heterocycles. The molecule has 1 aromatic heterocycles. The fourth-order valence-corrected chi connectivity index (χ4v) is 1.72. The summed E-state index contributed by atoms with van der Waals surface area (Å²) in [6.45, 7) is 0. The molecule has 2 N–H and O–H groups in total. The van der Waals surface area contributed by atoms with Crippen LogP contribution in [0.4, 0.5) is 15.9 Å². The first kappa shape index (κ1) is 14.1.